The average Bonchev–Trinajstić information content (AvgIpc) is 2.60. The number of nitrogens with one attached hydrogen (secondary N) is 1. The van der Waals surface area contributed by atoms with Crippen LogP contribution in [0.25, 0.3) is 0 Å². The van der Waals surface area contributed by atoms with Gasteiger partial charge >= 0.3 is 5.97 Å². The van der Waals surface area contributed by atoms with Gasteiger partial charge in [-0.2, -0.15) is 0 Å². The van der Waals surface area contributed by atoms with Crippen LogP contribution in [-0.4, -0.2) is 25.6 Å². The lowest BCUT2D eigenvalue weighted by molar-refractivity contribution is -0.123. The van der Waals surface area contributed by atoms with E-state index in [0.717, 1.165) is 10.0 Å². The Morgan fingerprint density at radius 2 is 1.88 bits per heavy atom. The van der Waals surface area contributed by atoms with Crippen molar-refractivity contribution >= 4 is 27.8 Å². The van der Waals surface area contributed by atoms with E-state index in [9.17, 15) is 9.59 Å². The van der Waals surface area contributed by atoms with Crippen molar-refractivity contribution in [2.45, 2.75) is 13.0 Å². The summed E-state index contributed by atoms with van der Waals surface area (Å²) in [6, 6.07) is 14.1. The van der Waals surface area contributed by atoms with Crippen LogP contribution in [0, 0.1) is 0 Å². The lowest BCUT2D eigenvalue weighted by Crippen LogP contribution is -2.31. The maximum Gasteiger partial charge on any atom is 0.337 e. The molecule has 2 rings (SSSR count). The highest BCUT2D eigenvalue weighted by atomic mass is 79.9. The molecule has 1 N–H and O–H groups in total. The standard InChI is InChI=1S/C18H18BrNO4/c1-12(13-6-8-15(19)9-7-13)20-17(21)11-24-16-5-3-4-14(10-16)18(22)23-2/h3-10,12H,11H2,1-2H3,(H,20,21). The van der Waals surface area contributed by atoms with E-state index in [0.29, 0.717) is 11.3 Å². The zero-order valence-corrected chi connectivity index (χ0v) is 15.0. The SMILES string of the molecule is COC(=O)c1cccc(OCC(=O)NC(C)c2ccc(Br)cc2)c1. The van der Waals surface area contributed by atoms with E-state index in [4.69, 9.17) is 4.74 Å². The molecule has 24 heavy (non-hydrogen) atoms. The number of hydrogen-bond donors (Lipinski definition) is 1. The molecule has 0 radical (unpaired) electrons. The van der Waals surface area contributed by atoms with Gasteiger partial charge in [0.2, 0.25) is 0 Å². The number of carbonyl (C=O) groups is 2. The summed E-state index contributed by atoms with van der Waals surface area (Å²) in [5.41, 5.74) is 1.37. The van der Waals surface area contributed by atoms with Gasteiger partial charge in [0.25, 0.3) is 5.91 Å². The van der Waals surface area contributed by atoms with Crippen LogP contribution in [0.5, 0.6) is 5.75 Å². The van der Waals surface area contributed by atoms with Crippen LogP contribution < -0.4 is 10.1 Å². The number of methoxy groups -OCH3 is 1. The van der Waals surface area contributed by atoms with Crippen molar-refractivity contribution in [1.29, 1.82) is 0 Å². The molecule has 0 saturated heterocycles. The second-order valence-electron chi connectivity index (χ2n) is 5.15. The summed E-state index contributed by atoms with van der Waals surface area (Å²) >= 11 is 3.38. The highest BCUT2D eigenvalue weighted by molar-refractivity contribution is 9.10. The van der Waals surface area contributed by atoms with Gasteiger partial charge in [-0.1, -0.05) is 34.1 Å². The van der Waals surface area contributed by atoms with Gasteiger partial charge in [-0.3, -0.25) is 4.79 Å². The van der Waals surface area contributed by atoms with Crippen molar-refractivity contribution in [2.75, 3.05) is 13.7 Å². The molecule has 1 atom stereocenters. The number of hydrogen-bond acceptors (Lipinski definition) is 4. The van der Waals surface area contributed by atoms with Crippen LogP contribution >= 0.6 is 15.9 Å². The molecule has 0 saturated carbocycles. The van der Waals surface area contributed by atoms with Crippen molar-refractivity contribution in [3.05, 3.63) is 64.1 Å². The van der Waals surface area contributed by atoms with E-state index in [2.05, 4.69) is 26.0 Å². The molecule has 0 fully saturated rings. The van der Waals surface area contributed by atoms with Crippen molar-refractivity contribution in [3.63, 3.8) is 0 Å². The van der Waals surface area contributed by atoms with Crippen molar-refractivity contribution in [3.8, 4) is 5.75 Å². The predicted molar refractivity (Wildman–Crippen MR) is 94.0 cm³/mol. The first-order valence-electron chi connectivity index (χ1n) is 7.35. The number of amides is 1. The molecule has 0 aliphatic carbocycles. The van der Waals surface area contributed by atoms with Gasteiger partial charge in [-0.05, 0) is 42.8 Å². The topological polar surface area (TPSA) is 64.6 Å². The minimum Gasteiger partial charge on any atom is -0.484 e. The first-order valence-corrected chi connectivity index (χ1v) is 8.15. The molecule has 1 unspecified atom stereocenters. The number of rotatable bonds is 6. The summed E-state index contributed by atoms with van der Waals surface area (Å²) in [6.07, 6.45) is 0. The van der Waals surface area contributed by atoms with Gasteiger partial charge in [-0.25, -0.2) is 4.79 Å². The third kappa shape index (κ3) is 5.09. The van der Waals surface area contributed by atoms with Gasteiger partial charge in [0, 0.05) is 4.47 Å². The predicted octanol–water partition coefficient (Wildman–Crippen LogP) is 3.49. The zero-order chi connectivity index (χ0) is 17.5. The fourth-order valence-corrected chi connectivity index (χ4v) is 2.36. The smallest absolute Gasteiger partial charge is 0.337 e. The van der Waals surface area contributed by atoms with Gasteiger partial charge in [-0.15, -0.1) is 0 Å². The molecular weight excluding hydrogens is 374 g/mol. The summed E-state index contributed by atoms with van der Waals surface area (Å²) in [7, 11) is 1.31. The van der Waals surface area contributed by atoms with E-state index < -0.39 is 5.97 Å². The minimum absolute atomic E-state index is 0.129. The number of benzene rings is 2. The Labute approximate surface area is 149 Å². The second-order valence-corrected chi connectivity index (χ2v) is 6.06. The third-order valence-corrected chi connectivity index (χ3v) is 3.90. The lowest BCUT2D eigenvalue weighted by Gasteiger charge is -2.15. The molecule has 0 aliphatic rings. The second kappa shape index (κ2) is 8.49. The summed E-state index contributed by atoms with van der Waals surface area (Å²) in [5.74, 6) is -0.257. The van der Waals surface area contributed by atoms with E-state index in [1.807, 2.05) is 31.2 Å². The molecule has 0 bridgehead atoms. The summed E-state index contributed by atoms with van der Waals surface area (Å²) in [6.45, 7) is 1.77. The maximum atomic E-state index is 12.0. The Bertz CT molecular complexity index is 715. The molecule has 0 spiro atoms. The fourth-order valence-electron chi connectivity index (χ4n) is 2.10. The maximum absolute atomic E-state index is 12.0. The molecule has 126 valence electrons. The van der Waals surface area contributed by atoms with Crippen molar-refractivity contribution < 1.29 is 19.1 Å². The Morgan fingerprint density at radius 1 is 1.17 bits per heavy atom. The summed E-state index contributed by atoms with van der Waals surface area (Å²) in [5, 5.41) is 2.86. The molecule has 0 aromatic heterocycles. The van der Waals surface area contributed by atoms with E-state index in [1.165, 1.54) is 13.2 Å². The van der Waals surface area contributed by atoms with Gasteiger partial charge < -0.3 is 14.8 Å². The van der Waals surface area contributed by atoms with Crippen LogP contribution in [0.1, 0.15) is 28.9 Å². The molecule has 1 amide bonds. The molecule has 2 aromatic rings. The largest absolute Gasteiger partial charge is 0.484 e. The molecule has 6 heteroatoms. The number of esters is 1. The van der Waals surface area contributed by atoms with Gasteiger partial charge in [0.05, 0.1) is 18.7 Å². The Kier molecular flexibility index (Phi) is 6.37. The van der Waals surface area contributed by atoms with Crippen LogP contribution in [-0.2, 0) is 9.53 Å². The summed E-state index contributed by atoms with van der Waals surface area (Å²) in [4.78, 5) is 23.5. The Balaban J connectivity index is 1.89. The summed E-state index contributed by atoms with van der Waals surface area (Å²) < 4.78 is 11.1. The average molecular weight is 392 g/mol. The molecule has 2 aromatic carbocycles. The fraction of sp³-hybridized carbons (Fsp3) is 0.222. The lowest BCUT2D eigenvalue weighted by atomic mass is 10.1. The van der Waals surface area contributed by atoms with Crippen LogP contribution in [0.4, 0.5) is 0 Å². The number of ether oxygens (including phenoxy) is 2. The van der Waals surface area contributed by atoms with Crippen molar-refractivity contribution in [2.24, 2.45) is 0 Å². The molecule has 5 nitrogen and oxygen atoms in total. The van der Waals surface area contributed by atoms with E-state index in [-0.39, 0.29) is 18.6 Å². The first-order chi connectivity index (χ1) is 11.5. The number of halogens is 1. The molecule has 0 aliphatic heterocycles. The Hall–Kier alpha value is -2.34. The zero-order valence-electron chi connectivity index (χ0n) is 13.4. The van der Waals surface area contributed by atoms with Crippen LogP contribution in [0.2, 0.25) is 0 Å². The highest BCUT2D eigenvalue weighted by Crippen LogP contribution is 2.17. The van der Waals surface area contributed by atoms with E-state index in [1.54, 1.807) is 18.2 Å². The van der Waals surface area contributed by atoms with E-state index >= 15 is 0 Å². The first kappa shape index (κ1) is 18.0. The quantitative estimate of drug-likeness (QED) is 0.765. The van der Waals surface area contributed by atoms with Crippen LogP contribution in [0.15, 0.2) is 53.0 Å². The van der Waals surface area contributed by atoms with Gasteiger partial charge in [0.1, 0.15) is 5.75 Å². The molecular formula is C18H18BrNO4. The van der Waals surface area contributed by atoms with Crippen molar-refractivity contribution in [1.82, 2.24) is 5.32 Å². The molecule has 0 heterocycles. The highest BCUT2D eigenvalue weighted by Gasteiger charge is 2.11. The number of carbonyl (C=O) groups excluding carboxylic acids is 2. The van der Waals surface area contributed by atoms with Gasteiger partial charge in [0.15, 0.2) is 6.61 Å². The van der Waals surface area contributed by atoms with Crippen LogP contribution in [0.3, 0.4) is 0 Å². The monoisotopic (exact) mass is 391 g/mol. The normalized spacial score (nSPS) is 11.5. The minimum atomic E-state index is -0.450. The third-order valence-electron chi connectivity index (χ3n) is 3.37. The Morgan fingerprint density at radius 3 is 2.54 bits per heavy atom.